The fourth-order valence-corrected chi connectivity index (χ4v) is 3.22. The molecule has 1 fully saturated rings. The van der Waals surface area contributed by atoms with Crippen molar-refractivity contribution in [1.82, 2.24) is 25.0 Å². The first-order chi connectivity index (χ1) is 11.5. The van der Waals surface area contributed by atoms with E-state index in [0.717, 1.165) is 38.3 Å². The molecule has 1 aliphatic heterocycles. The number of piperazine rings is 1. The zero-order valence-electron chi connectivity index (χ0n) is 13.5. The molecule has 0 bridgehead atoms. The van der Waals surface area contributed by atoms with Crippen LogP contribution in [0.1, 0.15) is 12.5 Å². The standard InChI is InChI=1S/C16H21F2N5O/c1-12(22-6-4-19-5-7-22)16(24,9-23-11-20-10-21-23)14-3-2-13(17)8-15(14)18/h2-3,8,10-12,19,24H,4-7,9H2,1H3. The first kappa shape index (κ1) is 16.9. The first-order valence-corrected chi connectivity index (χ1v) is 7.96. The molecule has 6 nitrogen and oxygen atoms in total. The van der Waals surface area contributed by atoms with Crippen molar-refractivity contribution in [3.8, 4) is 0 Å². The zero-order chi connectivity index (χ0) is 17.2. The van der Waals surface area contributed by atoms with Gasteiger partial charge in [-0.05, 0) is 13.0 Å². The third-order valence-electron chi connectivity index (χ3n) is 4.66. The Hall–Kier alpha value is -1.90. The monoisotopic (exact) mass is 337 g/mol. The number of hydrogen-bond donors (Lipinski definition) is 2. The lowest BCUT2D eigenvalue weighted by Gasteiger charge is -2.43. The van der Waals surface area contributed by atoms with E-state index in [9.17, 15) is 13.9 Å². The maximum Gasteiger partial charge on any atom is 0.137 e. The van der Waals surface area contributed by atoms with E-state index in [4.69, 9.17) is 0 Å². The molecule has 0 saturated carbocycles. The molecule has 0 spiro atoms. The number of nitrogens with one attached hydrogen (secondary N) is 1. The normalized spacial score (nSPS) is 19.8. The van der Waals surface area contributed by atoms with Crippen LogP contribution in [-0.4, -0.2) is 57.0 Å². The van der Waals surface area contributed by atoms with Gasteiger partial charge in [0.1, 0.15) is 29.9 Å². The van der Waals surface area contributed by atoms with Crippen LogP contribution < -0.4 is 5.32 Å². The number of hydrogen-bond acceptors (Lipinski definition) is 5. The van der Waals surface area contributed by atoms with E-state index in [0.29, 0.717) is 0 Å². The molecule has 2 unspecified atom stereocenters. The van der Waals surface area contributed by atoms with Crippen molar-refractivity contribution in [1.29, 1.82) is 0 Å². The largest absolute Gasteiger partial charge is 0.381 e. The zero-order valence-corrected chi connectivity index (χ0v) is 13.5. The summed E-state index contributed by atoms with van der Waals surface area (Å²) in [6, 6.07) is 2.88. The second-order valence-electron chi connectivity index (χ2n) is 6.10. The summed E-state index contributed by atoms with van der Waals surface area (Å²) in [5.41, 5.74) is -1.51. The van der Waals surface area contributed by atoms with Crippen molar-refractivity contribution < 1.29 is 13.9 Å². The molecule has 2 atom stereocenters. The van der Waals surface area contributed by atoms with Crippen LogP contribution in [0.4, 0.5) is 8.78 Å². The van der Waals surface area contributed by atoms with Gasteiger partial charge in [0.2, 0.25) is 0 Å². The van der Waals surface area contributed by atoms with Crippen LogP contribution in [-0.2, 0) is 12.1 Å². The van der Waals surface area contributed by atoms with E-state index in [-0.39, 0.29) is 18.2 Å². The third kappa shape index (κ3) is 3.31. The van der Waals surface area contributed by atoms with E-state index in [1.165, 1.54) is 23.4 Å². The fourth-order valence-electron chi connectivity index (χ4n) is 3.22. The Kier molecular flexibility index (Phi) is 4.88. The van der Waals surface area contributed by atoms with Gasteiger partial charge in [-0.1, -0.05) is 6.07 Å². The SMILES string of the molecule is CC(N1CCNCC1)C(O)(Cn1cncn1)c1ccc(F)cc1F. The van der Waals surface area contributed by atoms with Gasteiger partial charge in [0.25, 0.3) is 0 Å². The van der Waals surface area contributed by atoms with Gasteiger partial charge in [-0.15, -0.1) is 0 Å². The van der Waals surface area contributed by atoms with E-state index in [2.05, 4.69) is 20.3 Å². The molecule has 2 heterocycles. The number of aromatic nitrogens is 3. The van der Waals surface area contributed by atoms with E-state index >= 15 is 0 Å². The van der Waals surface area contributed by atoms with Crippen LogP contribution in [0.3, 0.4) is 0 Å². The molecule has 2 aromatic rings. The molecular formula is C16H21F2N5O. The van der Waals surface area contributed by atoms with E-state index < -0.39 is 17.2 Å². The maximum absolute atomic E-state index is 14.4. The van der Waals surface area contributed by atoms with Gasteiger partial charge < -0.3 is 10.4 Å². The third-order valence-corrected chi connectivity index (χ3v) is 4.66. The Balaban J connectivity index is 1.98. The van der Waals surface area contributed by atoms with Crippen molar-refractivity contribution in [2.45, 2.75) is 25.1 Å². The average Bonchev–Trinajstić information content (AvgIpc) is 3.07. The quantitative estimate of drug-likeness (QED) is 0.842. The average molecular weight is 337 g/mol. The topological polar surface area (TPSA) is 66.2 Å². The number of nitrogens with zero attached hydrogens (tertiary/aromatic N) is 4. The van der Waals surface area contributed by atoms with Crippen LogP contribution in [0, 0.1) is 11.6 Å². The lowest BCUT2D eigenvalue weighted by atomic mass is 9.85. The molecule has 8 heteroatoms. The smallest absolute Gasteiger partial charge is 0.137 e. The molecule has 3 rings (SSSR count). The molecule has 1 aliphatic rings. The van der Waals surface area contributed by atoms with Crippen molar-refractivity contribution in [3.05, 3.63) is 48.1 Å². The Morgan fingerprint density at radius 3 is 2.71 bits per heavy atom. The molecule has 130 valence electrons. The van der Waals surface area contributed by atoms with Crippen LogP contribution in [0.15, 0.2) is 30.9 Å². The first-order valence-electron chi connectivity index (χ1n) is 7.96. The second kappa shape index (κ2) is 6.92. The minimum absolute atomic E-state index is 0.0284. The number of rotatable bonds is 5. The van der Waals surface area contributed by atoms with Crippen LogP contribution in [0.5, 0.6) is 0 Å². The maximum atomic E-state index is 14.4. The van der Waals surface area contributed by atoms with Gasteiger partial charge in [-0.2, -0.15) is 5.10 Å². The predicted octanol–water partition coefficient (Wildman–Crippen LogP) is 0.738. The highest BCUT2D eigenvalue weighted by Crippen LogP contribution is 2.32. The van der Waals surface area contributed by atoms with Gasteiger partial charge in [0.15, 0.2) is 0 Å². The van der Waals surface area contributed by atoms with Gasteiger partial charge in [-0.3, -0.25) is 4.90 Å². The summed E-state index contributed by atoms with van der Waals surface area (Å²) in [4.78, 5) is 5.97. The lowest BCUT2D eigenvalue weighted by Crippen LogP contribution is -2.56. The Labute approximate surface area is 139 Å². The highest BCUT2D eigenvalue weighted by atomic mass is 19.1. The minimum atomic E-state index is -1.57. The van der Waals surface area contributed by atoms with Crippen molar-refractivity contribution in [3.63, 3.8) is 0 Å². The summed E-state index contributed by atoms with van der Waals surface area (Å²) in [5.74, 6) is -1.44. The Morgan fingerprint density at radius 1 is 1.33 bits per heavy atom. The highest BCUT2D eigenvalue weighted by Gasteiger charge is 2.42. The number of halogens is 2. The van der Waals surface area contributed by atoms with Gasteiger partial charge in [0, 0.05) is 43.9 Å². The molecule has 24 heavy (non-hydrogen) atoms. The Morgan fingerprint density at radius 2 is 2.08 bits per heavy atom. The molecule has 1 saturated heterocycles. The van der Waals surface area contributed by atoms with Gasteiger partial charge in [-0.25, -0.2) is 18.4 Å². The molecule has 0 aliphatic carbocycles. The van der Waals surface area contributed by atoms with E-state index in [1.807, 2.05) is 6.92 Å². The van der Waals surface area contributed by atoms with Crippen molar-refractivity contribution >= 4 is 0 Å². The minimum Gasteiger partial charge on any atom is -0.381 e. The van der Waals surface area contributed by atoms with Crippen molar-refractivity contribution in [2.75, 3.05) is 26.2 Å². The molecule has 2 N–H and O–H groups in total. The number of benzene rings is 1. The molecule has 1 aromatic heterocycles. The van der Waals surface area contributed by atoms with Gasteiger partial charge >= 0.3 is 0 Å². The summed E-state index contributed by atoms with van der Waals surface area (Å²) in [6.45, 7) is 4.96. The summed E-state index contributed by atoms with van der Waals surface area (Å²) in [6.07, 6.45) is 2.83. The molecule has 0 radical (unpaired) electrons. The fraction of sp³-hybridized carbons (Fsp3) is 0.500. The highest BCUT2D eigenvalue weighted by molar-refractivity contribution is 5.27. The van der Waals surface area contributed by atoms with Crippen LogP contribution in [0.25, 0.3) is 0 Å². The summed E-state index contributed by atoms with van der Waals surface area (Å²) in [7, 11) is 0. The van der Waals surface area contributed by atoms with Crippen molar-refractivity contribution in [2.24, 2.45) is 0 Å². The summed E-state index contributed by atoms with van der Waals surface area (Å²) in [5, 5.41) is 18.7. The predicted molar refractivity (Wildman–Crippen MR) is 84.2 cm³/mol. The molecule has 1 aromatic carbocycles. The van der Waals surface area contributed by atoms with Gasteiger partial charge in [0.05, 0.1) is 6.54 Å². The Bertz CT molecular complexity index is 675. The van der Waals surface area contributed by atoms with Crippen LogP contribution >= 0.6 is 0 Å². The summed E-state index contributed by atoms with van der Waals surface area (Å²) >= 11 is 0. The van der Waals surface area contributed by atoms with Crippen LogP contribution in [0.2, 0.25) is 0 Å². The molecular weight excluding hydrogens is 316 g/mol. The molecule has 0 amide bonds. The number of aliphatic hydroxyl groups is 1. The second-order valence-corrected chi connectivity index (χ2v) is 6.10. The lowest BCUT2D eigenvalue weighted by molar-refractivity contribution is -0.0663. The van der Waals surface area contributed by atoms with E-state index in [1.54, 1.807) is 0 Å². The summed E-state index contributed by atoms with van der Waals surface area (Å²) < 4.78 is 29.2.